The number of hydrazine groups is 1. The number of carbonyl (C=O) groups excluding carboxylic acids is 2. The molecule has 13 heavy (non-hydrogen) atoms. The summed E-state index contributed by atoms with van der Waals surface area (Å²) in [6.45, 7) is 1.45. The van der Waals surface area contributed by atoms with Crippen molar-refractivity contribution in [3.8, 4) is 0 Å². The molecule has 7 nitrogen and oxygen atoms in total. The van der Waals surface area contributed by atoms with Crippen LogP contribution in [0.3, 0.4) is 0 Å². The maximum Gasteiger partial charge on any atom is 0.334 e. The molecule has 0 aromatic rings. The zero-order chi connectivity index (χ0) is 10.4. The SMILES string of the molecule is C[C@H](NC(=O)NNC(N)=S)C(N)=O. The summed E-state index contributed by atoms with van der Waals surface area (Å²) in [5.41, 5.74) is 14.2. The molecule has 0 rings (SSSR count). The molecule has 0 heterocycles. The first-order chi connectivity index (χ1) is 5.93. The summed E-state index contributed by atoms with van der Waals surface area (Å²) in [7, 11) is 0. The number of rotatable bonds is 2. The molecule has 3 amide bonds. The minimum absolute atomic E-state index is 0.0816. The van der Waals surface area contributed by atoms with E-state index in [1.807, 2.05) is 0 Å². The summed E-state index contributed by atoms with van der Waals surface area (Å²) in [6, 6.07) is -1.40. The van der Waals surface area contributed by atoms with Crippen LogP contribution in [0.15, 0.2) is 0 Å². The quantitative estimate of drug-likeness (QED) is 0.261. The number of primary amides is 1. The fourth-order valence-electron chi connectivity index (χ4n) is 0.422. The molecule has 0 saturated carbocycles. The van der Waals surface area contributed by atoms with Crippen molar-refractivity contribution in [2.45, 2.75) is 13.0 Å². The lowest BCUT2D eigenvalue weighted by atomic mass is 10.3. The molecule has 0 aliphatic carbocycles. The van der Waals surface area contributed by atoms with Gasteiger partial charge >= 0.3 is 6.03 Å². The van der Waals surface area contributed by atoms with Crippen molar-refractivity contribution in [2.24, 2.45) is 11.5 Å². The van der Waals surface area contributed by atoms with Gasteiger partial charge in [0.1, 0.15) is 6.04 Å². The van der Waals surface area contributed by atoms with E-state index in [0.717, 1.165) is 0 Å². The number of carbonyl (C=O) groups is 2. The van der Waals surface area contributed by atoms with Crippen LogP contribution in [0.25, 0.3) is 0 Å². The summed E-state index contributed by atoms with van der Waals surface area (Å²) in [4.78, 5) is 21.3. The number of amides is 3. The van der Waals surface area contributed by atoms with E-state index in [4.69, 9.17) is 11.5 Å². The van der Waals surface area contributed by atoms with Gasteiger partial charge in [0.25, 0.3) is 0 Å². The van der Waals surface area contributed by atoms with Gasteiger partial charge in [0.2, 0.25) is 5.91 Å². The van der Waals surface area contributed by atoms with Gasteiger partial charge in [-0.3, -0.25) is 10.2 Å². The van der Waals surface area contributed by atoms with E-state index < -0.39 is 18.0 Å². The van der Waals surface area contributed by atoms with Crippen molar-refractivity contribution in [3.63, 3.8) is 0 Å². The zero-order valence-corrected chi connectivity index (χ0v) is 7.77. The van der Waals surface area contributed by atoms with Gasteiger partial charge in [0.05, 0.1) is 0 Å². The minimum Gasteiger partial charge on any atom is -0.375 e. The summed E-state index contributed by atoms with van der Waals surface area (Å²) in [5.74, 6) is -0.634. The van der Waals surface area contributed by atoms with E-state index in [9.17, 15) is 9.59 Å². The maximum atomic E-state index is 10.9. The Kier molecular flexibility index (Phi) is 4.52. The predicted octanol–water partition coefficient (Wildman–Crippen LogP) is -2.09. The first-order valence-electron chi connectivity index (χ1n) is 3.34. The molecule has 0 saturated heterocycles. The lowest BCUT2D eigenvalue weighted by Gasteiger charge is -2.11. The Morgan fingerprint density at radius 2 is 1.85 bits per heavy atom. The lowest BCUT2D eigenvalue weighted by molar-refractivity contribution is -0.119. The Bertz CT molecular complexity index is 231. The Morgan fingerprint density at radius 1 is 1.31 bits per heavy atom. The molecule has 0 aromatic heterocycles. The highest BCUT2D eigenvalue weighted by molar-refractivity contribution is 7.80. The van der Waals surface area contributed by atoms with Crippen LogP contribution in [0.5, 0.6) is 0 Å². The van der Waals surface area contributed by atoms with Gasteiger partial charge in [-0.15, -0.1) is 0 Å². The monoisotopic (exact) mass is 205 g/mol. The largest absolute Gasteiger partial charge is 0.375 e. The van der Waals surface area contributed by atoms with Crippen LogP contribution < -0.4 is 27.6 Å². The fourth-order valence-corrected chi connectivity index (χ4v) is 0.473. The minimum atomic E-state index is -0.756. The highest BCUT2D eigenvalue weighted by Crippen LogP contribution is 1.76. The molecule has 0 aliphatic heterocycles. The Hall–Kier alpha value is -1.57. The van der Waals surface area contributed by atoms with Gasteiger partial charge in [0.15, 0.2) is 5.11 Å². The van der Waals surface area contributed by atoms with Crippen LogP contribution >= 0.6 is 12.2 Å². The molecule has 1 atom stereocenters. The number of thiocarbonyl (C=S) groups is 1. The van der Waals surface area contributed by atoms with E-state index in [1.165, 1.54) is 6.92 Å². The molecular weight excluding hydrogens is 194 g/mol. The molecule has 0 radical (unpaired) electrons. The highest BCUT2D eigenvalue weighted by atomic mass is 32.1. The molecule has 0 aliphatic rings. The van der Waals surface area contributed by atoms with Gasteiger partial charge in [-0.25, -0.2) is 10.2 Å². The zero-order valence-electron chi connectivity index (χ0n) is 6.96. The van der Waals surface area contributed by atoms with Crippen LogP contribution in [0.4, 0.5) is 4.79 Å². The third-order valence-corrected chi connectivity index (χ3v) is 1.18. The van der Waals surface area contributed by atoms with Crippen molar-refractivity contribution in [1.82, 2.24) is 16.2 Å². The van der Waals surface area contributed by atoms with Gasteiger partial charge in [-0.1, -0.05) is 0 Å². The smallest absolute Gasteiger partial charge is 0.334 e. The number of nitrogens with two attached hydrogens (primary N) is 2. The Labute approximate surface area is 80.2 Å². The summed E-state index contributed by atoms with van der Waals surface area (Å²) in [5, 5.41) is 2.15. The van der Waals surface area contributed by atoms with E-state index in [-0.39, 0.29) is 5.11 Å². The van der Waals surface area contributed by atoms with E-state index >= 15 is 0 Å². The van der Waals surface area contributed by atoms with Crippen molar-refractivity contribution in [1.29, 1.82) is 0 Å². The van der Waals surface area contributed by atoms with Crippen molar-refractivity contribution >= 4 is 29.3 Å². The van der Waals surface area contributed by atoms with Gasteiger partial charge in [-0.2, -0.15) is 0 Å². The number of nitrogens with one attached hydrogen (secondary N) is 3. The Balaban J connectivity index is 3.74. The highest BCUT2D eigenvalue weighted by Gasteiger charge is 2.10. The molecular formula is C5H11N5O2S. The summed E-state index contributed by atoms with van der Waals surface area (Å²) >= 11 is 4.41. The van der Waals surface area contributed by atoms with E-state index in [1.54, 1.807) is 0 Å². The fraction of sp³-hybridized carbons (Fsp3) is 0.400. The molecule has 8 heteroatoms. The van der Waals surface area contributed by atoms with Crippen LogP contribution in [0.1, 0.15) is 6.92 Å². The number of urea groups is 1. The third kappa shape index (κ3) is 5.67. The molecule has 74 valence electrons. The van der Waals surface area contributed by atoms with Crippen molar-refractivity contribution < 1.29 is 9.59 Å². The van der Waals surface area contributed by atoms with Crippen LogP contribution in [0.2, 0.25) is 0 Å². The Morgan fingerprint density at radius 3 is 2.23 bits per heavy atom. The molecule has 0 spiro atoms. The first-order valence-corrected chi connectivity index (χ1v) is 3.75. The van der Waals surface area contributed by atoms with Crippen LogP contribution in [-0.2, 0) is 4.79 Å². The maximum absolute atomic E-state index is 10.9. The number of hydrogen-bond donors (Lipinski definition) is 5. The van der Waals surface area contributed by atoms with E-state index in [0.29, 0.717) is 0 Å². The van der Waals surface area contributed by atoms with Crippen LogP contribution in [0, 0.1) is 0 Å². The second-order valence-electron chi connectivity index (χ2n) is 2.21. The average molecular weight is 205 g/mol. The topological polar surface area (TPSA) is 122 Å². The van der Waals surface area contributed by atoms with E-state index in [2.05, 4.69) is 28.4 Å². The molecule has 0 unspecified atom stereocenters. The van der Waals surface area contributed by atoms with Crippen LogP contribution in [-0.4, -0.2) is 23.1 Å². The molecule has 0 fully saturated rings. The second kappa shape index (κ2) is 5.14. The molecule has 0 bridgehead atoms. The molecule has 0 aromatic carbocycles. The van der Waals surface area contributed by atoms with Crippen molar-refractivity contribution in [2.75, 3.05) is 0 Å². The summed E-state index contributed by atoms with van der Waals surface area (Å²) in [6.07, 6.45) is 0. The van der Waals surface area contributed by atoms with Gasteiger partial charge in [-0.05, 0) is 19.1 Å². The number of hydrogen-bond acceptors (Lipinski definition) is 3. The average Bonchev–Trinajstić information content (AvgIpc) is 2.00. The van der Waals surface area contributed by atoms with Gasteiger partial charge < -0.3 is 16.8 Å². The lowest BCUT2D eigenvalue weighted by Crippen LogP contribution is -2.53. The standard InChI is InChI=1S/C5H11N5O2S/c1-2(3(6)11)8-5(12)10-9-4(7)13/h2H,1H3,(H2,6,11)(H3,7,9,13)(H2,8,10,12)/t2-/m0/s1. The third-order valence-electron chi connectivity index (χ3n) is 1.07. The van der Waals surface area contributed by atoms with Crippen molar-refractivity contribution in [3.05, 3.63) is 0 Å². The molecule has 7 N–H and O–H groups in total. The normalized spacial score (nSPS) is 11.2. The predicted molar refractivity (Wildman–Crippen MR) is 50.2 cm³/mol. The second-order valence-corrected chi connectivity index (χ2v) is 2.65. The summed E-state index contributed by atoms with van der Waals surface area (Å²) < 4.78 is 0. The van der Waals surface area contributed by atoms with Gasteiger partial charge in [0, 0.05) is 0 Å². The first kappa shape index (κ1) is 11.4.